The zero-order chi connectivity index (χ0) is 21.5. The molecule has 2 N–H and O–H groups in total. The minimum atomic E-state index is -0.214. The SMILES string of the molecule is O=C(CSc1nc(-c2ccccc2)c(-c2ccccc2)[nH]1)NN=Cc1ccc(Cl)cc1. The molecule has 1 heterocycles. The van der Waals surface area contributed by atoms with Crippen LogP contribution in [-0.2, 0) is 4.79 Å². The second-order valence-electron chi connectivity index (χ2n) is 6.63. The summed E-state index contributed by atoms with van der Waals surface area (Å²) in [6.45, 7) is 0. The van der Waals surface area contributed by atoms with Crippen LogP contribution >= 0.6 is 23.4 Å². The molecule has 0 saturated carbocycles. The lowest BCUT2D eigenvalue weighted by Gasteiger charge is -2.02. The van der Waals surface area contributed by atoms with E-state index in [1.807, 2.05) is 72.8 Å². The summed E-state index contributed by atoms with van der Waals surface area (Å²) in [7, 11) is 0. The molecule has 0 saturated heterocycles. The van der Waals surface area contributed by atoms with Gasteiger partial charge in [-0.2, -0.15) is 5.10 Å². The standard InChI is InChI=1S/C24H19ClN4OS/c25-20-13-11-17(12-14-20)15-26-29-21(30)16-31-24-27-22(18-7-3-1-4-8-18)23(28-24)19-9-5-2-6-10-19/h1-15H,16H2,(H,27,28)(H,29,30). The van der Waals surface area contributed by atoms with Crippen molar-refractivity contribution in [1.82, 2.24) is 15.4 Å². The van der Waals surface area contributed by atoms with Crippen molar-refractivity contribution in [2.24, 2.45) is 5.10 Å². The maximum Gasteiger partial charge on any atom is 0.250 e. The molecular weight excluding hydrogens is 428 g/mol. The van der Waals surface area contributed by atoms with E-state index in [2.05, 4.69) is 15.5 Å². The summed E-state index contributed by atoms with van der Waals surface area (Å²) in [5, 5.41) is 5.32. The molecule has 0 unspecified atom stereocenters. The van der Waals surface area contributed by atoms with Gasteiger partial charge in [0.1, 0.15) is 0 Å². The number of nitrogens with one attached hydrogen (secondary N) is 2. The van der Waals surface area contributed by atoms with Gasteiger partial charge >= 0.3 is 0 Å². The Kier molecular flexibility index (Phi) is 6.82. The number of amides is 1. The summed E-state index contributed by atoms with van der Waals surface area (Å²) in [6, 6.07) is 27.2. The van der Waals surface area contributed by atoms with Crippen LogP contribution in [0.5, 0.6) is 0 Å². The largest absolute Gasteiger partial charge is 0.332 e. The second-order valence-corrected chi connectivity index (χ2v) is 8.03. The second kappa shape index (κ2) is 10.1. The number of hydrazone groups is 1. The monoisotopic (exact) mass is 446 g/mol. The number of imidazole rings is 1. The molecular formula is C24H19ClN4OS. The molecule has 3 aromatic carbocycles. The summed E-state index contributed by atoms with van der Waals surface area (Å²) in [5.41, 5.74) is 7.22. The molecule has 4 aromatic rings. The lowest BCUT2D eigenvalue weighted by Crippen LogP contribution is -2.19. The summed E-state index contributed by atoms with van der Waals surface area (Å²) >= 11 is 7.19. The number of carbonyl (C=O) groups excluding carboxylic acids is 1. The van der Waals surface area contributed by atoms with Crippen molar-refractivity contribution < 1.29 is 4.79 Å². The Balaban J connectivity index is 1.44. The van der Waals surface area contributed by atoms with E-state index in [1.54, 1.807) is 18.3 Å². The number of thioether (sulfide) groups is 1. The predicted molar refractivity (Wildman–Crippen MR) is 127 cm³/mol. The third-order valence-electron chi connectivity index (χ3n) is 4.40. The molecule has 0 radical (unpaired) electrons. The van der Waals surface area contributed by atoms with Crippen molar-refractivity contribution in [3.63, 3.8) is 0 Å². The summed E-state index contributed by atoms with van der Waals surface area (Å²) < 4.78 is 0. The number of nitrogens with zero attached hydrogens (tertiary/aromatic N) is 2. The zero-order valence-electron chi connectivity index (χ0n) is 16.5. The summed E-state index contributed by atoms with van der Waals surface area (Å²) in [4.78, 5) is 20.3. The number of aromatic nitrogens is 2. The fraction of sp³-hybridized carbons (Fsp3) is 0.0417. The number of halogens is 1. The minimum Gasteiger partial charge on any atom is -0.332 e. The van der Waals surface area contributed by atoms with E-state index in [1.165, 1.54) is 11.8 Å². The fourth-order valence-corrected chi connectivity index (χ4v) is 3.72. The van der Waals surface area contributed by atoms with Crippen LogP contribution in [0.25, 0.3) is 22.5 Å². The highest BCUT2D eigenvalue weighted by Crippen LogP contribution is 2.32. The highest BCUT2D eigenvalue weighted by Gasteiger charge is 2.15. The molecule has 7 heteroatoms. The quantitative estimate of drug-likeness (QED) is 0.219. The number of hydrogen-bond acceptors (Lipinski definition) is 4. The summed E-state index contributed by atoms with van der Waals surface area (Å²) in [5.74, 6) is -0.0253. The predicted octanol–water partition coefficient (Wildman–Crippen LogP) is 5.64. The van der Waals surface area contributed by atoms with Crippen molar-refractivity contribution >= 4 is 35.5 Å². The van der Waals surface area contributed by atoms with Crippen LogP contribution in [0.3, 0.4) is 0 Å². The first kappa shape index (κ1) is 20.9. The Labute approximate surface area is 189 Å². The average molecular weight is 447 g/mol. The van der Waals surface area contributed by atoms with Crippen LogP contribution < -0.4 is 5.43 Å². The number of rotatable bonds is 7. The molecule has 1 amide bonds. The Morgan fingerprint density at radius 2 is 1.61 bits per heavy atom. The molecule has 31 heavy (non-hydrogen) atoms. The highest BCUT2D eigenvalue weighted by atomic mass is 35.5. The summed E-state index contributed by atoms with van der Waals surface area (Å²) in [6.07, 6.45) is 1.58. The molecule has 4 rings (SSSR count). The average Bonchev–Trinajstić information content (AvgIpc) is 3.25. The van der Waals surface area contributed by atoms with Crippen LogP contribution in [-0.4, -0.2) is 27.8 Å². The molecule has 0 aliphatic carbocycles. The lowest BCUT2D eigenvalue weighted by atomic mass is 10.1. The molecule has 0 fully saturated rings. The van der Waals surface area contributed by atoms with Crippen LogP contribution in [0.1, 0.15) is 5.56 Å². The Morgan fingerprint density at radius 3 is 2.29 bits per heavy atom. The van der Waals surface area contributed by atoms with Gasteiger partial charge in [0.2, 0.25) is 0 Å². The molecule has 5 nitrogen and oxygen atoms in total. The minimum absolute atomic E-state index is 0.188. The smallest absolute Gasteiger partial charge is 0.250 e. The van der Waals surface area contributed by atoms with Gasteiger partial charge in [-0.05, 0) is 17.7 Å². The molecule has 0 spiro atoms. The highest BCUT2D eigenvalue weighted by molar-refractivity contribution is 7.99. The fourth-order valence-electron chi connectivity index (χ4n) is 2.93. The van der Waals surface area contributed by atoms with Gasteiger partial charge in [0, 0.05) is 16.1 Å². The molecule has 1 aromatic heterocycles. The van der Waals surface area contributed by atoms with Gasteiger partial charge in [0.25, 0.3) is 5.91 Å². The maximum atomic E-state index is 12.2. The molecule has 154 valence electrons. The Hall–Kier alpha value is -3.35. The van der Waals surface area contributed by atoms with Gasteiger partial charge in [-0.25, -0.2) is 10.4 Å². The maximum absolute atomic E-state index is 12.2. The lowest BCUT2D eigenvalue weighted by molar-refractivity contribution is -0.118. The number of benzene rings is 3. The van der Waals surface area contributed by atoms with E-state index < -0.39 is 0 Å². The van der Waals surface area contributed by atoms with Gasteiger partial charge in [-0.3, -0.25) is 4.79 Å². The molecule has 0 aliphatic rings. The molecule has 0 bridgehead atoms. The van der Waals surface area contributed by atoms with Crippen molar-refractivity contribution in [2.45, 2.75) is 5.16 Å². The number of carbonyl (C=O) groups is 1. The zero-order valence-corrected chi connectivity index (χ0v) is 18.0. The van der Waals surface area contributed by atoms with E-state index in [-0.39, 0.29) is 11.7 Å². The van der Waals surface area contributed by atoms with Gasteiger partial charge in [-0.15, -0.1) is 0 Å². The number of aromatic amines is 1. The first-order chi connectivity index (χ1) is 15.2. The van der Waals surface area contributed by atoms with Crippen molar-refractivity contribution in [3.8, 4) is 22.5 Å². The van der Waals surface area contributed by atoms with Crippen LogP contribution in [0.2, 0.25) is 5.02 Å². The van der Waals surface area contributed by atoms with E-state index in [0.717, 1.165) is 28.1 Å². The van der Waals surface area contributed by atoms with E-state index in [4.69, 9.17) is 16.6 Å². The molecule has 0 atom stereocenters. The van der Waals surface area contributed by atoms with Crippen LogP contribution in [0, 0.1) is 0 Å². The van der Waals surface area contributed by atoms with E-state index in [9.17, 15) is 4.79 Å². The Morgan fingerprint density at radius 1 is 0.968 bits per heavy atom. The van der Waals surface area contributed by atoms with E-state index >= 15 is 0 Å². The Bertz CT molecular complexity index is 1120. The van der Waals surface area contributed by atoms with Gasteiger partial charge < -0.3 is 4.98 Å². The van der Waals surface area contributed by atoms with Crippen molar-refractivity contribution in [1.29, 1.82) is 0 Å². The van der Waals surface area contributed by atoms with Crippen molar-refractivity contribution in [2.75, 3.05) is 5.75 Å². The topological polar surface area (TPSA) is 70.1 Å². The van der Waals surface area contributed by atoms with Gasteiger partial charge in [0.05, 0.1) is 23.4 Å². The third kappa shape index (κ3) is 5.63. The van der Waals surface area contributed by atoms with Crippen molar-refractivity contribution in [3.05, 3.63) is 95.5 Å². The first-order valence-electron chi connectivity index (χ1n) is 9.60. The van der Waals surface area contributed by atoms with Gasteiger partial charge in [0.15, 0.2) is 5.16 Å². The third-order valence-corrected chi connectivity index (χ3v) is 5.53. The van der Waals surface area contributed by atoms with Gasteiger partial charge in [-0.1, -0.05) is 96.2 Å². The number of H-pyrrole nitrogens is 1. The normalized spacial score (nSPS) is 11.0. The first-order valence-corrected chi connectivity index (χ1v) is 11.0. The van der Waals surface area contributed by atoms with Crippen LogP contribution in [0.4, 0.5) is 0 Å². The molecule has 0 aliphatic heterocycles. The van der Waals surface area contributed by atoms with E-state index in [0.29, 0.717) is 10.2 Å². The number of hydrogen-bond donors (Lipinski definition) is 2. The van der Waals surface area contributed by atoms with Crippen LogP contribution in [0.15, 0.2) is 95.2 Å².